The molecule has 2 aliphatic rings. The minimum absolute atomic E-state index is 0.00784. The summed E-state index contributed by atoms with van der Waals surface area (Å²) in [6, 6.07) is 3.65. The molecule has 1 saturated heterocycles. The van der Waals surface area contributed by atoms with Crippen molar-refractivity contribution in [3.8, 4) is 0 Å². The molecule has 5 heteroatoms. The molecule has 23 heavy (non-hydrogen) atoms. The van der Waals surface area contributed by atoms with Gasteiger partial charge in [-0.15, -0.1) is 0 Å². The molecule has 1 aliphatic carbocycles. The van der Waals surface area contributed by atoms with Crippen molar-refractivity contribution < 1.29 is 13.6 Å². The molecule has 0 aromatic heterocycles. The van der Waals surface area contributed by atoms with Crippen molar-refractivity contribution >= 4 is 5.91 Å². The van der Waals surface area contributed by atoms with Gasteiger partial charge in [-0.3, -0.25) is 4.79 Å². The second-order valence-corrected chi connectivity index (χ2v) is 6.66. The van der Waals surface area contributed by atoms with Gasteiger partial charge in [0.25, 0.3) is 0 Å². The van der Waals surface area contributed by atoms with E-state index >= 15 is 0 Å². The Morgan fingerprint density at radius 1 is 1.13 bits per heavy atom. The molecule has 1 amide bonds. The molecule has 1 heterocycles. The lowest BCUT2D eigenvalue weighted by Crippen LogP contribution is -2.45. The van der Waals surface area contributed by atoms with Crippen LogP contribution in [0.15, 0.2) is 18.2 Å². The Bertz CT molecular complexity index is 552. The van der Waals surface area contributed by atoms with E-state index in [2.05, 4.69) is 5.32 Å². The number of nitrogens with zero attached hydrogens (tertiary/aromatic N) is 1. The average molecular weight is 322 g/mol. The van der Waals surface area contributed by atoms with Crippen LogP contribution in [-0.2, 0) is 11.3 Å². The Morgan fingerprint density at radius 3 is 2.52 bits per heavy atom. The molecule has 3 nitrogen and oxygen atoms in total. The van der Waals surface area contributed by atoms with E-state index in [0.29, 0.717) is 0 Å². The SMILES string of the molecule is O=C(C1CCNCC1)N(Cc1cc(F)ccc1F)C1CCCC1. The van der Waals surface area contributed by atoms with Crippen LogP contribution >= 0.6 is 0 Å². The monoisotopic (exact) mass is 322 g/mol. The van der Waals surface area contributed by atoms with Crippen LogP contribution in [0.1, 0.15) is 44.1 Å². The van der Waals surface area contributed by atoms with Gasteiger partial charge in [0.05, 0.1) is 0 Å². The molecule has 0 spiro atoms. The van der Waals surface area contributed by atoms with Gasteiger partial charge in [0, 0.05) is 24.1 Å². The first kappa shape index (κ1) is 16.4. The maximum absolute atomic E-state index is 14.0. The average Bonchev–Trinajstić information content (AvgIpc) is 3.10. The first-order chi connectivity index (χ1) is 11.1. The smallest absolute Gasteiger partial charge is 0.226 e. The van der Waals surface area contributed by atoms with E-state index in [1.54, 1.807) is 0 Å². The van der Waals surface area contributed by atoms with Crippen LogP contribution in [0.3, 0.4) is 0 Å². The lowest BCUT2D eigenvalue weighted by Gasteiger charge is -2.34. The molecule has 2 fully saturated rings. The van der Waals surface area contributed by atoms with Gasteiger partial charge in [-0.25, -0.2) is 8.78 Å². The number of hydrogen-bond acceptors (Lipinski definition) is 2. The number of hydrogen-bond donors (Lipinski definition) is 1. The van der Waals surface area contributed by atoms with Crippen molar-refractivity contribution in [2.24, 2.45) is 5.92 Å². The van der Waals surface area contributed by atoms with E-state index in [0.717, 1.165) is 63.7 Å². The molecule has 0 radical (unpaired) electrons. The van der Waals surface area contributed by atoms with Gasteiger partial charge in [0.1, 0.15) is 11.6 Å². The molecule has 1 N–H and O–H groups in total. The molecule has 1 saturated carbocycles. The van der Waals surface area contributed by atoms with Gasteiger partial charge in [-0.2, -0.15) is 0 Å². The first-order valence-corrected chi connectivity index (χ1v) is 8.60. The largest absolute Gasteiger partial charge is 0.335 e. The van der Waals surface area contributed by atoms with Gasteiger partial charge in [0.15, 0.2) is 0 Å². The second-order valence-electron chi connectivity index (χ2n) is 6.66. The highest BCUT2D eigenvalue weighted by Gasteiger charge is 2.32. The molecule has 0 unspecified atom stereocenters. The maximum Gasteiger partial charge on any atom is 0.226 e. The third-order valence-corrected chi connectivity index (χ3v) is 5.09. The predicted octanol–water partition coefficient (Wildman–Crippen LogP) is 3.24. The number of benzene rings is 1. The highest BCUT2D eigenvalue weighted by Crippen LogP contribution is 2.28. The van der Waals surface area contributed by atoms with E-state index < -0.39 is 11.6 Å². The van der Waals surface area contributed by atoms with Gasteiger partial charge < -0.3 is 10.2 Å². The predicted molar refractivity (Wildman–Crippen MR) is 84.8 cm³/mol. The molecular formula is C18H24F2N2O. The van der Waals surface area contributed by atoms with E-state index in [1.807, 2.05) is 4.90 Å². The summed E-state index contributed by atoms with van der Waals surface area (Å²) in [6.45, 7) is 1.88. The number of carbonyl (C=O) groups excluding carboxylic acids is 1. The van der Waals surface area contributed by atoms with Crippen LogP contribution in [-0.4, -0.2) is 29.9 Å². The number of nitrogens with one attached hydrogen (secondary N) is 1. The highest BCUT2D eigenvalue weighted by atomic mass is 19.1. The third kappa shape index (κ3) is 3.89. The quantitative estimate of drug-likeness (QED) is 0.923. The summed E-state index contributed by atoms with van der Waals surface area (Å²) in [6.07, 6.45) is 5.79. The van der Waals surface area contributed by atoms with Crippen molar-refractivity contribution in [3.05, 3.63) is 35.4 Å². The van der Waals surface area contributed by atoms with Crippen LogP contribution in [0.4, 0.5) is 8.78 Å². The zero-order valence-electron chi connectivity index (χ0n) is 13.4. The summed E-state index contributed by atoms with van der Waals surface area (Å²) in [5, 5.41) is 3.26. The molecule has 126 valence electrons. The Morgan fingerprint density at radius 2 is 1.83 bits per heavy atom. The Labute approximate surface area is 136 Å². The normalized spacial score (nSPS) is 19.9. The van der Waals surface area contributed by atoms with Crippen molar-refractivity contribution in [1.82, 2.24) is 10.2 Å². The molecule has 0 bridgehead atoms. The van der Waals surface area contributed by atoms with Crippen LogP contribution in [0, 0.1) is 17.6 Å². The highest BCUT2D eigenvalue weighted by molar-refractivity contribution is 5.79. The van der Waals surface area contributed by atoms with E-state index in [4.69, 9.17) is 0 Å². The minimum atomic E-state index is -0.456. The summed E-state index contributed by atoms with van der Waals surface area (Å²) in [5.41, 5.74) is 0.277. The lowest BCUT2D eigenvalue weighted by molar-refractivity contribution is -0.139. The molecule has 1 aromatic rings. The van der Waals surface area contributed by atoms with Gasteiger partial charge >= 0.3 is 0 Å². The van der Waals surface area contributed by atoms with Crippen molar-refractivity contribution in [2.75, 3.05) is 13.1 Å². The fraction of sp³-hybridized carbons (Fsp3) is 0.611. The standard InChI is InChI=1S/C18H24F2N2O/c19-15-5-6-17(20)14(11-15)12-22(16-3-1-2-4-16)18(23)13-7-9-21-10-8-13/h5-6,11,13,16,21H,1-4,7-10,12H2. The van der Waals surface area contributed by atoms with Crippen LogP contribution < -0.4 is 5.32 Å². The summed E-state index contributed by atoms with van der Waals surface area (Å²) in [4.78, 5) is 14.8. The fourth-order valence-electron chi connectivity index (χ4n) is 3.75. The molecule has 3 rings (SSSR count). The van der Waals surface area contributed by atoms with E-state index in [1.165, 1.54) is 6.07 Å². The number of rotatable bonds is 4. The topological polar surface area (TPSA) is 32.3 Å². The van der Waals surface area contributed by atoms with Gasteiger partial charge in [-0.05, 0) is 57.0 Å². The lowest BCUT2D eigenvalue weighted by atomic mass is 9.95. The van der Waals surface area contributed by atoms with E-state index in [9.17, 15) is 13.6 Å². The van der Waals surface area contributed by atoms with Gasteiger partial charge in [0.2, 0.25) is 5.91 Å². The Hall–Kier alpha value is -1.49. The molecule has 1 aromatic carbocycles. The van der Waals surface area contributed by atoms with Crippen LogP contribution in [0.5, 0.6) is 0 Å². The summed E-state index contributed by atoms with van der Waals surface area (Å²) in [7, 11) is 0. The summed E-state index contributed by atoms with van der Waals surface area (Å²) >= 11 is 0. The van der Waals surface area contributed by atoms with E-state index in [-0.39, 0.29) is 30.0 Å². The second kappa shape index (κ2) is 7.39. The Kier molecular flexibility index (Phi) is 5.26. The summed E-state index contributed by atoms with van der Waals surface area (Å²) in [5.74, 6) is -0.773. The van der Waals surface area contributed by atoms with Gasteiger partial charge in [-0.1, -0.05) is 12.8 Å². The minimum Gasteiger partial charge on any atom is -0.335 e. The number of halogens is 2. The molecular weight excluding hydrogens is 298 g/mol. The zero-order valence-corrected chi connectivity index (χ0v) is 13.4. The Balaban J connectivity index is 1.80. The number of piperidine rings is 1. The van der Waals surface area contributed by atoms with Crippen molar-refractivity contribution in [3.63, 3.8) is 0 Å². The number of amides is 1. The molecule has 1 aliphatic heterocycles. The van der Waals surface area contributed by atoms with Crippen molar-refractivity contribution in [2.45, 2.75) is 51.1 Å². The third-order valence-electron chi connectivity index (χ3n) is 5.09. The summed E-state index contributed by atoms with van der Waals surface area (Å²) < 4.78 is 27.5. The number of carbonyl (C=O) groups is 1. The fourth-order valence-corrected chi connectivity index (χ4v) is 3.75. The molecule has 0 atom stereocenters. The zero-order chi connectivity index (χ0) is 16.2. The van der Waals surface area contributed by atoms with Crippen molar-refractivity contribution in [1.29, 1.82) is 0 Å². The van der Waals surface area contributed by atoms with Crippen LogP contribution in [0.25, 0.3) is 0 Å². The first-order valence-electron chi connectivity index (χ1n) is 8.60. The van der Waals surface area contributed by atoms with Crippen LogP contribution in [0.2, 0.25) is 0 Å². The maximum atomic E-state index is 14.0.